The maximum absolute atomic E-state index is 9.87. The number of aromatic nitrogens is 4. The zero-order valence-corrected chi connectivity index (χ0v) is 11.8. The topological polar surface area (TPSA) is 106 Å². The van der Waals surface area contributed by atoms with E-state index in [-0.39, 0.29) is 12.8 Å². The predicted molar refractivity (Wildman–Crippen MR) is 71.0 cm³/mol. The summed E-state index contributed by atoms with van der Waals surface area (Å²) in [5, 5.41) is 19.1. The molecule has 3 N–H and O–H groups in total. The summed E-state index contributed by atoms with van der Waals surface area (Å²) in [4.78, 5) is 13.3. The Morgan fingerprint density at radius 2 is 2.38 bits per heavy atom. The van der Waals surface area contributed by atoms with Crippen molar-refractivity contribution in [3.05, 3.63) is 12.7 Å². The first kappa shape index (κ1) is 14.1. The molecule has 9 nitrogen and oxygen atoms in total. The minimum atomic E-state index is -0.693. The fourth-order valence-electron chi connectivity index (χ4n) is 2.61. The summed E-state index contributed by atoms with van der Waals surface area (Å²) in [5.41, 5.74) is 4.12. The minimum Gasteiger partial charge on any atom is -0.394 e. The van der Waals surface area contributed by atoms with Crippen LogP contribution in [0.2, 0.25) is 0 Å². The lowest BCUT2D eigenvalue weighted by molar-refractivity contribution is -0.739. The SMILES string of the molecule is CONc1ncnc2c1n(C)c[n+]2[C@H]1C[C@H](O)[C@@H](CO)O1. The van der Waals surface area contributed by atoms with Crippen molar-refractivity contribution < 1.29 is 24.4 Å². The standard InChI is InChI=1S/C12H18N5O4/c1-16-6-17(9-3-7(19)8(4-18)21-9)12-10(16)11(15-20-2)13-5-14-12/h5-9,18-19H,3-4H2,1-2H3,(H,13,14,15)/q+1/t7-,8+,9+/m0/s1. The van der Waals surface area contributed by atoms with E-state index in [9.17, 15) is 10.2 Å². The van der Waals surface area contributed by atoms with E-state index < -0.39 is 12.2 Å². The van der Waals surface area contributed by atoms with Gasteiger partial charge in [0.05, 0.1) is 26.9 Å². The fraction of sp³-hybridized carbons (Fsp3) is 0.583. The lowest BCUT2D eigenvalue weighted by atomic mass is 10.2. The molecule has 0 spiro atoms. The number of rotatable bonds is 4. The molecular formula is C12H18N5O4+. The maximum Gasteiger partial charge on any atom is 0.309 e. The molecule has 0 radical (unpaired) electrons. The number of anilines is 1. The van der Waals surface area contributed by atoms with Crippen LogP contribution < -0.4 is 10.0 Å². The zero-order chi connectivity index (χ0) is 15.0. The van der Waals surface area contributed by atoms with Crippen molar-refractivity contribution >= 4 is 17.0 Å². The Bertz CT molecular complexity index is 646. The summed E-state index contributed by atoms with van der Waals surface area (Å²) in [5.74, 6) is 0.543. The summed E-state index contributed by atoms with van der Waals surface area (Å²) < 4.78 is 9.33. The van der Waals surface area contributed by atoms with Gasteiger partial charge in [0.25, 0.3) is 0 Å². The molecule has 0 aliphatic carbocycles. The highest BCUT2D eigenvalue weighted by Crippen LogP contribution is 2.26. The molecule has 0 amide bonds. The number of hydrogen-bond donors (Lipinski definition) is 3. The molecule has 1 saturated heterocycles. The molecule has 114 valence electrons. The number of aliphatic hydroxyl groups is 2. The van der Waals surface area contributed by atoms with Crippen molar-refractivity contribution in [2.24, 2.45) is 7.05 Å². The molecule has 1 aliphatic rings. The second kappa shape index (κ2) is 5.53. The third kappa shape index (κ3) is 2.33. The van der Waals surface area contributed by atoms with Gasteiger partial charge in [-0.05, 0) is 0 Å². The Morgan fingerprint density at radius 1 is 1.57 bits per heavy atom. The van der Waals surface area contributed by atoms with Gasteiger partial charge in [-0.15, -0.1) is 0 Å². The largest absolute Gasteiger partial charge is 0.394 e. The number of imidazole rings is 1. The van der Waals surface area contributed by atoms with Crippen LogP contribution in [0.5, 0.6) is 0 Å². The molecular weight excluding hydrogens is 278 g/mol. The van der Waals surface area contributed by atoms with Gasteiger partial charge in [0.1, 0.15) is 6.10 Å². The van der Waals surface area contributed by atoms with Crippen molar-refractivity contribution in [1.82, 2.24) is 14.5 Å². The Hall–Kier alpha value is -1.81. The van der Waals surface area contributed by atoms with Crippen LogP contribution in [0.1, 0.15) is 12.6 Å². The van der Waals surface area contributed by atoms with Crippen LogP contribution in [0.3, 0.4) is 0 Å². The Labute approximate surface area is 120 Å². The summed E-state index contributed by atoms with van der Waals surface area (Å²) in [6, 6.07) is 0. The molecule has 2 aromatic rings. The summed E-state index contributed by atoms with van der Waals surface area (Å²) in [6.07, 6.45) is 1.99. The second-order valence-corrected chi connectivity index (χ2v) is 4.95. The second-order valence-electron chi connectivity index (χ2n) is 4.95. The number of nitrogens with zero attached hydrogens (tertiary/aromatic N) is 4. The van der Waals surface area contributed by atoms with E-state index in [2.05, 4.69) is 15.4 Å². The van der Waals surface area contributed by atoms with Crippen molar-refractivity contribution in [2.45, 2.75) is 24.9 Å². The van der Waals surface area contributed by atoms with E-state index in [4.69, 9.17) is 9.57 Å². The molecule has 21 heavy (non-hydrogen) atoms. The molecule has 2 aromatic heterocycles. The smallest absolute Gasteiger partial charge is 0.309 e. The van der Waals surface area contributed by atoms with Crippen LogP contribution in [-0.2, 0) is 16.6 Å². The highest BCUT2D eigenvalue weighted by Gasteiger charge is 2.38. The number of ether oxygens (including phenoxy) is 1. The van der Waals surface area contributed by atoms with Gasteiger partial charge < -0.3 is 14.9 Å². The van der Waals surface area contributed by atoms with E-state index in [0.29, 0.717) is 17.9 Å². The van der Waals surface area contributed by atoms with Gasteiger partial charge in [0, 0.05) is 6.42 Å². The molecule has 9 heteroatoms. The summed E-state index contributed by atoms with van der Waals surface area (Å²) >= 11 is 0. The van der Waals surface area contributed by atoms with Crippen molar-refractivity contribution in [3.8, 4) is 0 Å². The summed E-state index contributed by atoms with van der Waals surface area (Å²) in [7, 11) is 3.37. The van der Waals surface area contributed by atoms with Crippen LogP contribution >= 0.6 is 0 Å². The Morgan fingerprint density at radius 3 is 3.05 bits per heavy atom. The molecule has 3 atom stereocenters. The minimum absolute atomic E-state index is 0.214. The molecule has 1 fully saturated rings. The van der Waals surface area contributed by atoms with E-state index in [1.54, 1.807) is 0 Å². The maximum atomic E-state index is 9.87. The van der Waals surface area contributed by atoms with Gasteiger partial charge in [0.15, 0.2) is 24.7 Å². The predicted octanol–water partition coefficient (Wildman–Crippen LogP) is -1.13. The number of hydrogen-bond acceptors (Lipinski definition) is 7. The van der Waals surface area contributed by atoms with Crippen LogP contribution in [-0.4, -0.2) is 50.7 Å². The van der Waals surface area contributed by atoms with Crippen LogP contribution in [0.15, 0.2) is 12.7 Å². The van der Waals surface area contributed by atoms with Crippen LogP contribution in [0.4, 0.5) is 5.82 Å². The lowest BCUT2D eigenvalue weighted by Crippen LogP contribution is -2.39. The highest BCUT2D eigenvalue weighted by atomic mass is 16.6. The monoisotopic (exact) mass is 296 g/mol. The highest BCUT2D eigenvalue weighted by molar-refractivity contribution is 5.80. The molecule has 0 saturated carbocycles. The van der Waals surface area contributed by atoms with Crippen molar-refractivity contribution in [1.29, 1.82) is 0 Å². The Balaban J connectivity index is 2.03. The van der Waals surface area contributed by atoms with Crippen LogP contribution in [0.25, 0.3) is 11.2 Å². The number of aryl methyl sites for hydroxylation is 1. The Kier molecular flexibility index (Phi) is 3.72. The van der Waals surface area contributed by atoms with Gasteiger partial charge >= 0.3 is 5.65 Å². The van der Waals surface area contributed by atoms with E-state index in [0.717, 1.165) is 5.52 Å². The van der Waals surface area contributed by atoms with E-state index >= 15 is 0 Å². The third-order valence-corrected chi connectivity index (χ3v) is 3.59. The third-order valence-electron chi connectivity index (χ3n) is 3.59. The quantitative estimate of drug-likeness (QED) is 0.484. The first-order valence-electron chi connectivity index (χ1n) is 6.60. The average molecular weight is 296 g/mol. The molecule has 0 bridgehead atoms. The van der Waals surface area contributed by atoms with E-state index in [1.807, 2.05) is 22.5 Å². The normalized spacial score (nSPS) is 25.6. The van der Waals surface area contributed by atoms with Gasteiger partial charge in [-0.2, -0.15) is 4.98 Å². The van der Waals surface area contributed by atoms with Crippen molar-refractivity contribution in [3.63, 3.8) is 0 Å². The van der Waals surface area contributed by atoms with Gasteiger partial charge in [-0.3, -0.25) is 9.40 Å². The number of fused-ring (bicyclic) bond motifs is 1. The zero-order valence-electron chi connectivity index (χ0n) is 11.8. The number of nitrogens with one attached hydrogen (secondary N) is 1. The van der Waals surface area contributed by atoms with Gasteiger partial charge in [-0.25, -0.2) is 10.0 Å². The van der Waals surface area contributed by atoms with E-state index in [1.165, 1.54) is 13.4 Å². The first-order chi connectivity index (χ1) is 10.2. The molecule has 0 aromatic carbocycles. The molecule has 3 rings (SSSR count). The first-order valence-corrected chi connectivity index (χ1v) is 6.60. The lowest BCUT2D eigenvalue weighted by Gasteiger charge is -2.10. The average Bonchev–Trinajstić information content (AvgIpc) is 3.01. The van der Waals surface area contributed by atoms with Gasteiger partial charge in [0.2, 0.25) is 5.52 Å². The summed E-state index contributed by atoms with van der Waals surface area (Å²) in [6.45, 7) is -0.214. The van der Waals surface area contributed by atoms with Gasteiger partial charge in [-0.1, -0.05) is 4.98 Å². The molecule has 0 unspecified atom stereocenters. The fourth-order valence-corrected chi connectivity index (χ4v) is 2.61. The molecule has 3 heterocycles. The van der Waals surface area contributed by atoms with Crippen LogP contribution in [0, 0.1) is 0 Å². The van der Waals surface area contributed by atoms with Crippen molar-refractivity contribution in [2.75, 3.05) is 19.2 Å². The molecule has 1 aliphatic heterocycles. The number of aliphatic hydroxyl groups excluding tert-OH is 2.